The maximum absolute atomic E-state index is 13.5. The Kier molecular flexibility index (Phi) is 6.53. The van der Waals surface area contributed by atoms with Crippen LogP contribution in [0.15, 0.2) is 59.5 Å². The number of nitrogens with zero attached hydrogens (tertiary/aromatic N) is 3. The third kappa shape index (κ3) is 4.65. The molecule has 2 aromatic carbocycles. The van der Waals surface area contributed by atoms with Crippen LogP contribution in [0.4, 0.5) is 5.69 Å². The molecule has 0 saturated carbocycles. The van der Waals surface area contributed by atoms with Gasteiger partial charge in [0.2, 0.25) is 15.9 Å². The number of benzene rings is 2. The summed E-state index contributed by atoms with van der Waals surface area (Å²) in [6.07, 6.45) is 0.929. The zero-order valence-corrected chi connectivity index (χ0v) is 19.8. The van der Waals surface area contributed by atoms with Gasteiger partial charge in [0, 0.05) is 24.7 Å². The van der Waals surface area contributed by atoms with E-state index >= 15 is 0 Å². The molecule has 1 saturated heterocycles. The Labute approximate surface area is 194 Å². The molecule has 33 heavy (non-hydrogen) atoms. The highest BCUT2D eigenvalue weighted by molar-refractivity contribution is 7.89. The summed E-state index contributed by atoms with van der Waals surface area (Å²) in [6, 6.07) is 16.6. The van der Waals surface area contributed by atoms with Gasteiger partial charge in [-0.3, -0.25) is 4.79 Å². The lowest BCUT2D eigenvalue weighted by Crippen LogP contribution is -2.41. The van der Waals surface area contributed by atoms with E-state index in [-0.39, 0.29) is 16.7 Å². The van der Waals surface area contributed by atoms with Crippen LogP contribution in [0.25, 0.3) is 5.69 Å². The highest BCUT2D eigenvalue weighted by atomic mass is 32.2. The van der Waals surface area contributed by atoms with E-state index in [9.17, 15) is 13.2 Å². The normalized spacial score (nSPS) is 15.4. The van der Waals surface area contributed by atoms with Crippen LogP contribution in [0, 0.1) is 19.8 Å². The second kappa shape index (κ2) is 9.36. The molecule has 8 nitrogen and oxygen atoms in total. The number of para-hydroxylation sites is 1. The Bertz CT molecular complexity index is 1230. The van der Waals surface area contributed by atoms with Crippen molar-refractivity contribution in [3.63, 3.8) is 0 Å². The number of anilines is 1. The van der Waals surface area contributed by atoms with Crippen LogP contribution in [0.5, 0.6) is 5.75 Å². The van der Waals surface area contributed by atoms with Gasteiger partial charge in [-0.2, -0.15) is 9.40 Å². The smallest absolute Gasteiger partial charge is 0.246 e. The van der Waals surface area contributed by atoms with Crippen molar-refractivity contribution in [3.8, 4) is 11.4 Å². The first kappa shape index (κ1) is 23.0. The van der Waals surface area contributed by atoms with E-state index in [0.717, 1.165) is 5.69 Å². The third-order valence-corrected chi connectivity index (χ3v) is 8.16. The van der Waals surface area contributed by atoms with Gasteiger partial charge in [0.15, 0.2) is 0 Å². The lowest BCUT2D eigenvalue weighted by Gasteiger charge is -2.30. The average molecular weight is 469 g/mol. The number of hydrogen-bond donors (Lipinski definition) is 1. The molecule has 9 heteroatoms. The van der Waals surface area contributed by atoms with Crippen molar-refractivity contribution >= 4 is 21.6 Å². The number of sulfonamides is 1. The maximum Gasteiger partial charge on any atom is 0.246 e. The number of hydrogen-bond acceptors (Lipinski definition) is 5. The number of piperidine rings is 1. The molecule has 1 aliphatic heterocycles. The van der Waals surface area contributed by atoms with E-state index in [1.165, 1.54) is 4.31 Å². The summed E-state index contributed by atoms with van der Waals surface area (Å²) in [5, 5.41) is 7.39. The number of nitrogens with one attached hydrogen (secondary N) is 1. The highest BCUT2D eigenvalue weighted by Gasteiger charge is 2.35. The summed E-state index contributed by atoms with van der Waals surface area (Å²) in [7, 11) is -2.13. The molecule has 174 valence electrons. The second-order valence-corrected chi connectivity index (χ2v) is 10.0. The number of carbonyl (C=O) groups is 1. The molecule has 1 fully saturated rings. The Morgan fingerprint density at radius 1 is 1.03 bits per heavy atom. The van der Waals surface area contributed by atoms with Crippen molar-refractivity contribution in [2.45, 2.75) is 31.6 Å². The second-order valence-electron chi connectivity index (χ2n) is 8.14. The molecule has 2 heterocycles. The van der Waals surface area contributed by atoms with Crippen molar-refractivity contribution in [2.24, 2.45) is 5.92 Å². The van der Waals surface area contributed by atoms with Crippen molar-refractivity contribution in [1.82, 2.24) is 14.1 Å². The van der Waals surface area contributed by atoms with Crippen LogP contribution < -0.4 is 10.1 Å². The lowest BCUT2D eigenvalue weighted by molar-refractivity contribution is -0.120. The van der Waals surface area contributed by atoms with Gasteiger partial charge < -0.3 is 10.1 Å². The zero-order chi connectivity index (χ0) is 23.6. The van der Waals surface area contributed by atoms with Gasteiger partial charge in [0.1, 0.15) is 10.6 Å². The van der Waals surface area contributed by atoms with E-state index < -0.39 is 10.0 Å². The molecule has 1 aliphatic rings. The third-order valence-electron chi connectivity index (χ3n) is 6.01. The molecule has 0 unspecified atom stereocenters. The average Bonchev–Trinajstić information content (AvgIpc) is 3.14. The predicted octanol–water partition coefficient (Wildman–Crippen LogP) is 3.54. The Balaban J connectivity index is 1.45. The number of aromatic nitrogens is 2. The molecule has 0 bridgehead atoms. The first-order chi connectivity index (χ1) is 15.8. The number of ether oxygens (including phenoxy) is 1. The van der Waals surface area contributed by atoms with Crippen molar-refractivity contribution in [1.29, 1.82) is 0 Å². The highest BCUT2D eigenvalue weighted by Crippen LogP contribution is 2.29. The predicted molar refractivity (Wildman–Crippen MR) is 126 cm³/mol. The summed E-state index contributed by atoms with van der Waals surface area (Å²) in [5.41, 5.74) is 2.55. The lowest BCUT2D eigenvalue weighted by atomic mass is 9.97. The quantitative estimate of drug-likeness (QED) is 0.597. The maximum atomic E-state index is 13.5. The molecule has 1 aromatic heterocycles. The minimum absolute atomic E-state index is 0.0959. The number of amides is 1. The van der Waals surface area contributed by atoms with Gasteiger partial charge in [0.05, 0.1) is 24.2 Å². The molecule has 0 atom stereocenters. The minimum Gasteiger partial charge on any atom is -0.497 e. The van der Waals surface area contributed by atoms with E-state index in [1.807, 2.05) is 30.3 Å². The van der Waals surface area contributed by atoms with Gasteiger partial charge in [-0.25, -0.2) is 13.1 Å². The van der Waals surface area contributed by atoms with E-state index in [2.05, 4.69) is 10.4 Å². The summed E-state index contributed by atoms with van der Waals surface area (Å²) >= 11 is 0. The number of carbonyl (C=O) groups excluding carboxylic acids is 1. The van der Waals surface area contributed by atoms with Gasteiger partial charge in [-0.1, -0.05) is 18.2 Å². The molecular formula is C24H28N4O4S. The first-order valence-electron chi connectivity index (χ1n) is 10.9. The summed E-state index contributed by atoms with van der Waals surface area (Å²) in [5.74, 6) is 0.377. The Morgan fingerprint density at radius 2 is 1.67 bits per heavy atom. The summed E-state index contributed by atoms with van der Waals surface area (Å²) in [6.45, 7) is 4.07. The largest absolute Gasteiger partial charge is 0.497 e. The van der Waals surface area contributed by atoms with Crippen molar-refractivity contribution in [2.75, 3.05) is 25.5 Å². The van der Waals surface area contributed by atoms with Crippen LogP contribution in [0.2, 0.25) is 0 Å². The van der Waals surface area contributed by atoms with Gasteiger partial charge >= 0.3 is 0 Å². The van der Waals surface area contributed by atoms with Gasteiger partial charge in [-0.15, -0.1) is 0 Å². The molecule has 0 spiro atoms. The Hall–Kier alpha value is -3.17. The van der Waals surface area contributed by atoms with E-state index in [4.69, 9.17) is 4.74 Å². The SMILES string of the molecule is COc1ccc(NC(=O)C2CCN(S(=O)(=O)c3c(C)nn(-c4ccccc4)c3C)CC2)cc1. The van der Waals surface area contributed by atoms with E-state index in [0.29, 0.717) is 48.8 Å². The van der Waals surface area contributed by atoms with Gasteiger partial charge in [0.25, 0.3) is 0 Å². The molecular weight excluding hydrogens is 440 g/mol. The fourth-order valence-corrected chi connectivity index (χ4v) is 6.05. The van der Waals surface area contributed by atoms with Crippen LogP contribution >= 0.6 is 0 Å². The fourth-order valence-electron chi connectivity index (χ4n) is 4.23. The standard InChI is InChI=1S/C24H28N4O4S/c1-17-23(18(2)28(26-17)21-7-5-4-6-8-21)33(30,31)27-15-13-19(14-16-27)24(29)25-20-9-11-22(32-3)12-10-20/h4-12,19H,13-16H2,1-3H3,(H,25,29). The zero-order valence-electron chi connectivity index (χ0n) is 19.0. The summed E-state index contributed by atoms with van der Waals surface area (Å²) in [4.78, 5) is 12.9. The molecule has 1 amide bonds. The fraction of sp³-hybridized carbons (Fsp3) is 0.333. The van der Waals surface area contributed by atoms with Crippen LogP contribution in [-0.4, -0.2) is 48.6 Å². The number of aryl methyl sites for hydroxylation is 1. The monoisotopic (exact) mass is 468 g/mol. The molecule has 3 aromatic rings. The van der Waals surface area contributed by atoms with Crippen LogP contribution in [0.3, 0.4) is 0 Å². The molecule has 1 N–H and O–H groups in total. The van der Waals surface area contributed by atoms with Crippen molar-refractivity contribution < 1.29 is 17.9 Å². The van der Waals surface area contributed by atoms with Crippen molar-refractivity contribution in [3.05, 3.63) is 66.0 Å². The van der Waals surface area contributed by atoms with E-state index in [1.54, 1.807) is 49.9 Å². The molecule has 0 radical (unpaired) electrons. The molecule has 4 rings (SSSR count). The van der Waals surface area contributed by atoms with Crippen LogP contribution in [0.1, 0.15) is 24.2 Å². The topological polar surface area (TPSA) is 93.5 Å². The van der Waals surface area contributed by atoms with Gasteiger partial charge in [-0.05, 0) is 63.1 Å². The Morgan fingerprint density at radius 3 is 2.27 bits per heavy atom. The number of methoxy groups -OCH3 is 1. The minimum atomic E-state index is -3.72. The first-order valence-corrected chi connectivity index (χ1v) is 12.3. The number of rotatable bonds is 6. The molecule has 0 aliphatic carbocycles. The summed E-state index contributed by atoms with van der Waals surface area (Å²) < 4.78 is 35.2. The van der Waals surface area contributed by atoms with Crippen LogP contribution in [-0.2, 0) is 14.8 Å².